The fourth-order valence-electron chi connectivity index (χ4n) is 2.23. The van der Waals surface area contributed by atoms with Crippen molar-refractivity contribution in [3.8, 4) is 5.75 Å². The molecule has 2 rings (SSSR count). The molecule has 0 fully saturated rings. The molecule has 0 amide bonds. The Bertz CT molecular complexity index is 634. The molecule has 0 aliphatic rings. The van der Waals surface area contributed by atoms with Gasteiger partial charge in [-0.2, -0.15) is 0 Å². The second-order valence-corrected chi connectivity index (χ2v) is 6.28. The molecule has 2 aromatic rings. The quantitative estimate of drug-likeness (QED) is 0.733. The van der Waals surface area contributed by atoms with Crippen LogP contribution in [0.25, 0.3) is 0 Å². The van der Waals surface area contributed by atoms with Crippen molar-refractivity contribution in [3.05, 3.63) is 62.0 Å². The number of nitrogens with one attached hydrogen (secondary N) is 1. The van der Waals surface area contributed by atoms with Crippen LogP contribution in [0, 0.1) is 0 Å². The predicted molar refractivity (Wildman–Crippen MR) is 92.7 cm³/mol. The number of rotatable bonds is 5. The van der Waals surface area contributed by atoms with E-state index in [1.807, 2.05) is 30.3 Å². The van der Waals surface area contributed by atoms with Gasteiger partial charge in [-0.25, -0.2) is 0 Å². The summed E-state index contributed by atoms with van der Waals surface area (Å²) in [7, 11) is 1.67. The first kappa shape index (κ1) is 16.6. The molecule has 0 aromatic heterocycles. The van der Waals surface area contributed by atoms with Gasteiger partial charge in [0.05, 0.1) is 23.2 Å². The maximum absolute atomic E-state index is 6.15. The lowest BCUT2D eigenvalue weighted by atomic mass is 9.97. The Morgan fingerprint density at radius 1 is 1.14 bits per heavy atom. The second kappa shape index (κ2) is 7.50. The highest BCUT2D eigenvalue weighted by Gasteiger charge is 2.18. The monoisotopic (exact) mass is 387 g/mol. The Morgan fingerprint density at radius 3 is 2.52 bits per heavy atom. The minimum Gasteiger partial charge on any atom is -0.496 e. The second-order valence-electron chi connectivity index (χ2n) is 4.55. The average Bonchev–Trinajstić information content (AvgIpc) is 2.48. The van der Waals surface area contributed by atoms with Crippen molar-refractivity contribution >= 4 is 39.1 Å². The highest BCUT2D eigenvalue weighted by atomic mass is 79.9. The third-order valence-corrected chi connectivity index (χ3v) is 4.42. The van der Waals surface area contributed by atoms with E-state index < -0.39 is 0 Å². The van der Waals surface area contributed by atoms with Crippen molar-refractivity contribution in [3.63, 3.8) is 0 Å². The first-order valence-corrected chi connectivity index (χ1v) is 8.13. The largest absolute Gasteiger partial charge is 0.496 e. The van der Waals surface area contributed by atoms with Gasteiger partial charge in [0, 0.05) is 10.0 Å². The summed E-state index contributed by atoms with van der Waals surface area (Å²) in [6.07, 6.45) is 0. The Balaban J connectivity index is 2.52. The fraction of sp³-hybridized carbons (Fsp3) is 0.250. The minimum atomic E-state index is -0.0165. The lowest BCUT2D eigenvalue weighted by molar-refractivity contribution is 0.404. The molecule has 0 saturated heterocycles. The predicted octanol–water partition coefficient (Wildman–Crippen LogP) is 5.46. The molecular weight excluding hydrogens is 373 g/mol. The molecule has 1 N–H and O–H groups in total. The van der Waals surface area contributed by atoms with Crippen LogP contribution in [0.15, 0.2) is 40.9 Å². The Hall–Kier alpha value is -0.740. The third kappa shape index (κ3) is 3.92. The maximum atomic E-state index is 6.15. The highest BCUT2D eigenvalue weighted by Crippen LogP contribution is 2.34. The van der Waals surface area contributed by atoms with E-state index in [9.17, 15) is 0 Å². The van der Waals surface area contributed by atoms with E-state index in [0.29, 0.717) is 10.0 Å². The molecule has 0 aliphatic heterocycles. The van der Waals surface area contributed by atoms with Crippen molar-refractivity contribution in [1.29, 1.82) is 0 Å². The van der Waals surface area contributed by atoms with Crippen LogP contribution in [0.2, 0.25) is 10.0 Å². The fourth-order valence-corrected chi connectivity index (χ4v) is 2.92. The standard InChI is InChI=1S/C16H16BrCl2NO/c1-3-20-16(10-4-6-13(18)14(19)8-10)12-9-11(17)5-7-15(12)21-2/h4-9,16,20H,3H2,1-2H3. The Morgan fingerprint density at radius 2 is 1.90 bits per heavy atom. The molecule has 2 nitrogen and oxygen atoms in total. The topological polar surface area (TPSA) is 21.3 Å². The van der Waals surface area contributed by atoms with Crippen LogP contribution in [-0.4, -0.2) is 13.7 Å². The molecule has 0 heterocycles. The molecular formula is C16H16BrCl2NO. The summed E-state index contributed by atoms with van der Waals surface area (Å²) < 4.78 is 6.48. The average molecular weight is 389 g/mol. The van der Waals surface area contributed by atoms with E-state index in [1.165, 1.54) is 0 Å². The van der Waals surface area contributed by atoms with Gasteiger partial charge in [0.1, 0.15) is 5.75 Å². The molecule has 112 valence electrons. The molecule has 0 saturated carbocycles. The summed E-state index contributed by atoms with van der Waals surface area (Å²) in [4.78, 5) is 0. The minimum absolute atomic E-state index is 0.0165. The van der Waals surface area contributed by atoms with E-state index >= 15 is 0 Å². The summed E-state index contributed by atoms with van der Waals surface area (Å²) in [5, 5.41) is 4.56. The normalized spacial score (nSPS) is 12.2. The van der Waals surface area contributed by atoms with Gasteiger partial charge < -0.3 is 10.1 Å². The van der Waals surface area contributed by atoms with E-state index in [0.717, 1.165) is 27.9 Å². The molecule has 1 atom stereocenters. The molecule has 0 bridgehead atoms. The van der Waals surface area contributed by atoms with E-state index in [4.69, 9.17) is 27.9 Å². The van der Waals surface area contributed by atoms with Gasteiger partial charge in [-0.3, -0.25) is 0 Å². The van der Waals surface area contributed by atoms with Crippen LogP contribution in [0.4, 0.5) is 0 Å². The van der Waals surface area contributed by atoms with Crippen LogP contribution in [-0.2, 0) is 0 Å². The Kier molecular flexibility index (Phi) is 5.94. The van der Waals surface area contributed by atoms with Gasteiger partial charge in [-0.15, -0.1) is 0 Å². The Labute approximate surface area is 143 Å². The van der Waals surface area contributed by atoms with Crippen LogP contribution < -0.4 is 10.1 Å². The number of benzene rings is 2. The number of ether oxygens (including phenoxy) is 1. The van der Waals surface area contributed by atoms with E-state index in [-0.39, 0.29) is 6.04 Å². The van der Waals surface area contributed by atoms with Gasteiger partial charge in [-0.1, -0.05) is 52.1 Å². The highest BCUT2D eigenvalue weighted by molar-refractivity contribution is 9.10. The summed E-state index contributed by atoms with van der Waals surface area (Å²) in [6.45, 7) is 2.88. The number of halogens is 3. The number of hydrogen-bond donors (Lipinski definition) is 1. The first-order valence-electron chi connectivity index (χ1n) is 6.58. The maximum Gasteiger partial charge on any atom is 0.124 e. The van der Waals surface area contributed by atoms with Gasteiger partial charge in [-0.05, 0) is 42.4 Å². The SMILES string of the molecule is CCNC(c1ccc(Cl)c(Cl)c1)c1cc(Br)ccc1OC. The van der Waals surface area contributed by atoms with Crippen molar-refractivity contribution < 1.29 is 4.74 Å². The van der Waals surface area contributed by atoms with Gasteiger partial charge in [0.2, 0.25) is 0 Å². The molecule has 0 aliphatic carbocycles. The summed E-state index contributed by atoms with van der Waals surface area (Å²) >= 11 is 15.7. The molecule has 5 heteroatoms. The first-order chi connectivity index (χ1) is 10.1. The van der Waals surface area contributed by atoms with Crippen LogP contribution in [0.1, 0.15) is 24.1 Å². The molecule has 2 aromatic carbocycles. The van der Waals surface area contributed by atoms with E-state index in [1.54, 1.807) is 7.11 Å². The number of hydrogen-bond acceptors (Lipinski definition) is 2. The van der Waals surface area contributed by atoms with Gasteiger partial charge in [0.15, 0.2) is 0 Å². The lowest BCUT2D eigenvalue weighted by Gasteiger charge is -2.22. The summed E-state index contributed by atoms with van der Waals surface area (Å²) in [6, 6.07) is 11.6. The van der Waals surface area contributed by atoms with E-state index in [2.05, 4.69) is 34.2 Å². The number of methoxy groups -OCH3 is 1. The van der Waals surface area contributed by atoms with Crippen LogP contribution in [0.3, 0.4) is 0 Å². The molecule has 0 radical (unpaired) electrons. The molecule has 1 unspecified atom stereocenters. The zero-order valence-corrected chi connectivity index (χ0v) is 14.9. The van der Waals surface area contributed by atoms with Crippen LogP contribution >= 0.6 is 39.1 Å². The zero-order valence-electron chi connectivity index (χ0n) is 11.8. The summed E-state index contributed by atoms with van der Waals surface area (Å²) in [5.74, 6) is 0.829. The van der Waals surface area contributed by atoms with Crippen LogP contribution in [0.5, 0.6) is 5.75 Å². The lowest BCUT2D eigenvalue weighted by Crippen LogP contribution is -2.22. The molecule has 21 heavy (non-hydrogen) atoms. The van der Waals surface area contributed by atoms with Crippen molar-refractivity contribution in [1.82, 2.24) is 5.32 Å². The summed E-state index contributed by atoms with van der Waals surface area (Å²) in [5.41, 5.74) is 2.09. The zero-order chi connectivity index (χ0) is 15.4. The van der Waals surface area contributed by atoms with Crippen molar-refractivity contribution in [2.75, 3.05) is 13.7 Å². The van der Waals surface area contributed by atoms with Gasteiger partial charge in [0.25, 0.3) is 0 Å². The van der Waals surface area contributed by atoms with Crippen molar-refractivity contribution in [2.45, 2.75) is 13.0 Å². The smallest absolute Gasteiger partial charge is 0.124 e. The molecule has 0 spiro atoms. The van der Waals surface area contributed by atoms with Gasteiger partial charge >= 0.3 is 0 Å². The van der Waals surface area contributed by atoms with Crippen molar-refractivity contribution in [2.24, 2.45) is 0 Å². The third-order valence-electron chi connectivity index (χ3n) is 3.19.